The van der Waals surface area contributed by atoms with Crippen LogP contribution in [0.5, 0.6) is 17.2 Å². The standard InChI is InChI=1S/C32H26Cl2N2O4/c1-2-38-30-18-24(17-29(34)31(30)40-21-22-6-4-3-5-7-22)16-25(19-35)32(37)36-27-12-14-28(15-13-27)39-20-23-8-10-26(33)11-9-23/h3-18H,2,20-21H2,1H3,(H,36,37)/b25-16+. The van der Waals surface area contributed by atoms with Gasteiger partial charge >= 0.3 is 0 Å². The summed E-state index contributed by atoms with van der Waals surface area (Å²) in [7, 11) is 0. The molecule has 0 aliphatic carbocycles. The van der Waals surface area contributed by atoms with Crippen LogP contribution in [0.3, 0.4) is 0 Å². The highest BCUT2D eigenvalue weighted by molar-refractivity contribution is 6.32. The van der Waals surface area contributed by atoms with Gasteiger partial charge in [0.1, 0.15) is 30.6 Å². The maximum atomic E-state index is 12.9. The first-order valence-corrected chi connectivity index (χ1v) is 13.2. The third kappa shape index (κ3) is 8.03. The summed E-state index contributed by atoms with van der Waals surface area (Å²) in [6, 6.07) is 29.2. The van der Waals surface area contributed by atoms with E-state index in [-0.39, 0.29) is 5.57 Å². The van der Waals surface area contributed by atoms with Crippen molar-refractivity contribution in [2.24, 2.45) is 0 Å². The number of carbonyl (C=O) groups excluding carboxylic acids is 1. The van der Waals surface area contributed by atoms with Crippen LogP contribution in [-0.4, -0.2) is 12.5 Å². The molecule has 0 saturated heterocycles. The highest BCUT2D eigenvalue weighted by Gasteiger charge is 2.15. The molecule has 0 fully saturated rings. The number of halogens is 2. The Balaban J connectivity index is 1.43. The fraction of sp³-hybridized carbons (Fsp3) is 0.125. The Morgan fingerprint density at radius 3 is 2.23 bits per heavy atom. The van der Waals surface area contributed by atoms with Crippen molar-refractivity contribution in [3.05, 3.63) is 123 Å². The molecule has 6 nitrogen and oxygen atoms in total. The van der Waals surface area contributed by atoms with Gasteiger partial charge in [-0.3, -0.25) is 4.79 Å². The lowest BCUT2D eigenvalue weighted by Gasteiger charge is -2.15. The van der Waals surface area contributed by atoms with E-state index < -0.39 is 5.91 Å². The van der Waals surface area contributed by atoms with Crippen molar-refractivity contribution >= 4 is 40.9 Å². The van der Waals surface area contributed by atoms with Crippen molar-refractivity contribution in [3.8, 4) is 23.3 Å². The van der Waals surface area contributed by atoms with E-state index in [0.717, 1.165) is 11.1 Å². The maximum Gasteiger partial charge on any atom is 0.266 e. The van der Waals surface area contributed by atoms with Crippen LogP contribution in [0.4, 0.5) is 5.69 Å². The summed E-state index contributed by atoms with van der Waals surface area (Å²) in [6.45, 7) is 2.93. The molecule has 1 N–H and O–H groups in total. The van der Waals surface area contributed by atoms with Gasteiger partial charge in [-0.05, 0) is 78.2 Å². The van der Waals surface area contributed by atoms with Crippen molar-refractivity contribution in [3.63, 3.8) is 0 Å². The molecule has 0 bridgehead atoms. The minimum absolute atomic E-state index is 0.0977. The van der Waals surface area contributed by atoms with Crippen LogP contribution >= 0.6 is 23.2 Å². The summed E-state index contributed by atoms with van der Waals surface area (Å²) in [4.78, 5) is 12.9. The number of amides is 1. The van der Waals surface area contributed by atoms with Gasteiger partial charge in [0, 0.05) is 10.7 Å². The summed E-state index contributed by atoms with van der Waals surface area (Å²) >= 11 is 12.4. The summed E-state index contributed by atoms with van der Waals surface area (Å²) in [5, 5.41) is 13.4. The number of nitriles is 1. The van der Waals surface area contributed by atoms with E-state index in [1.807, 2.05) is 55.5 Å². The summed E-state index contributed by atoms with van der Waals surface area (Å²) in [5.41, 5.74) is 2.91. The summed E-state index contributed by atoms with van der Waals surface area (Å²) in [5.74, 6) is 0.891. The maximum absolute atomic E-state index is 12.9. The second kappa shape index (κ2) is 14.1. The molecule has 0 saturated carbocycles. The predicted molar refractivity (Wildman–Crippen MR) is 158 cm³/mol. The first-order chi connectivity index (χ1) is 19.4. The van der Waals surface area contributed by atoms with Gasteiger partial charge in [0.25, 0.3) is 5.91 Å². The van der Waals surface area contributed by atoms with E-state index in [9.17, 15) is 10.1 Å². The van der Waals surface area contributed by atoms with Crippen LogP contribution in [-0.2, 0) is 18.0 Å². The molecular weight excluding hydrogens is 547 g/mol. The Kier molecular flexibility index (Phi) is 10.1. The molecule has 0 aliphatic rings. The zero-order chi connectivity index (χ0) is 28.3. The molecular formula is C32H26Cl2N2O4. The van der Waals surface area contributed by atoms with E-state index in [1.165, 1.54) is 6.08 Å². The van der Waals surface area contributed by atoms with Crippen LogP contribution in [0.1, 0.15) is 23.6 Å². The van der Waals surface area contributed by atoms with E-state index in [0.29, 0.717) is 58.4 Å². The van der Waals surface area contributed by atoms with Crippen molar-refractivity contribution in [2.75, 3.05) is 11.9 Å². The number of hydrogen-bond acceptors (Lipinski definition) is 5. The van der Waals surface area contributed by atoms with E-state index >= 15 is 0 Å². The van der Waals surface area contributed by atoms with Gasteiger partial charge in [-0.15, -0.1) is 0 Å². The Morgan fingerprint density at radius 2 is 1.55 bits per heavy atom. The Morgan fingerprint density at radius 1 is 0.875 bits per heavy atom. The Labute approximate surface area is 243 Å². The van der Waals surface area contributed by atoms with Crippen molar-refractivity contribution < 1.29 is 19.0 Å². The number of benzene rings is 4. The van der Waals surface area contributed by atoms with Crippen LogP contribution in [0.25, 0.3) is 6.08 Å². The lowest BCUT2D eigenvalue weighted by Crippen LogP contribution is -2.13. The second-order valence-corrected chi connectivity index (χ2v) is 9.44. The van der Waals surface area contributed by atoms with Gasteiger partial charge in [0.15, 0.2) is 11.5 Å². The number of nitrogens with one attached hydrogen (secondary N) is 1. The van der Waals surface area contributed by atoms with Gasteiger partial charge in [0.2, 0.25) is 0 Å². The highest BCUT2D eigenvalue weighted by Crippen LogP contribution is 2.38. The second-order valence-electron chi connectivity index (χ2n) is 8.60. The van der Waals surface area contributed by atoms with Crippen molar-refractivity contribution in [1.29, 1.82) is 5.26 Å². The number of ether oxygens (including phenoxy) is 3. The molecule has 0 heterocycles. The minimum Gasteiger partial charge on any atom is -0.490 e. The first-order valence-electron chi connectivity index (χ1n) is 12.5. The number of hydrogen-bond donors (Lipinski definition) is 1. The topological polar surface area (TPSA) is 80.6 Å². The quantitative estimate of drug-likeness (QED) is 0.145. The van der Waals surface area contributed by atoms with Crippen LogP contribution in [0, 0.1) is 11.3 Å². The molecule has 4 aromatic rings. The third-order valence-electron chi connectivity index (χ3n) is 5.66. The van der Waals surface area contributed by atoms with E-state index in [1.54, 1.807) is 48.5 Å². The summed E-state index contributed by atoms with van der Waals surface area (Å²) < 4.78 is 17.5. The molecule has 0 unspecified atom stereocenters. The van der Waals surface area contributed by atoms with Crippen LogP contribution < -0.4 is 19.5 Å². The SMILES string of the molecule is CCOc1cc(/C=C(\C#N)C(=O)Nc2ccc(OCc3ccc(Cl)cc3)cc2)cc(Cl)c1OCc1ccccc1. The smallest absolute Gasteiger partial charge is 0.266 e. The lowest BCUT2D eigenvalue weighted by atomic mass is 10.1. The van der Waals surface area contributed by atoms with Gasteiger partial charge in [-0.1, -0.05) is 65.7 Å². The predicted octanol–water partition coefficient (Wildman–Crippen LogP) is 8.10. The number of nitrogens with zero attached hydrogens (tertiary/aromatic N) is 1. The molecule has 1 amide bonds. The van der Waals surface area contributed by atoms with Crippen LogP contribution in [0.15, 0.2) is 96.6 Å². The monoisotopic (exact) mass is 572 g/mol. The van der Waals surface area contributed by atoms with Gasteiger partial charge < -0.3 is 19.5 Å². The zero-order valence-electron chi connectivity index (χ0n) is 21.7. The van der Waals surface area contributed by atoms with E-state index in [2.05, 4.69) is 5.32 Å². The molecule has 0 aliphatic heterocycles. The van der Waals surface area contributed by atoms with E-state index in [4.69, 9.17) is 37.4 Å². The normalized spacial score (nSPS) is 10.9. The number of anilines is 1. The summed E-state index contributed by atoms with van der Waals surface area (Å²) in [6.07, 6.45) is 1.45. The molecule has 0 aromatic heterocycles. The zero-order valence-corrected chi connectivity index (χ0v) is 23.2. The molecule has 0 radical (unpaired) electrons. The molecule has 8 heteroatoms. The molecule has 0 spiro atoms. The average molecular weight is 573 g/mol. The third-order valence-corrected chi connectivity index (χ3v) is 6.20. The van der Waals surface area contributed by atoms with Gasteiger partial charge in [-0.2, -0.15) is 5.26 Å². The molecule has 0 atom stereocenters. The minimum atomic E-state index is -0.559. The molecule has 202 valence electrons. The highest BCUT2D eigenvalue weighted by atomic mass is 35.5. The lowest BCUT2D eigenvalue weighted by molar-refractivity contribution is -0.112. The average Bonchev–Trinajstić information content (AvgIpc) is 2.96. The Hall–Kier alpha value is -4.44. The Bertz CT molecular complexity index is 1510. The number of rotatable bonds is 11. The largest absolute Gasteiger partial charge is 0.490 e. The van der Waals surface area contributed by atoms with Crippen molar-refractivity contribution in [2.45, 2.75) is 20.1 Å². The van der Waals surface area contributed by atoms with Crippen molar-refractivity contribution in [1.82, 2.24) is 0 Å². The fourth-order valence-corrected chi connectivity index (χ4v) is 4.10. The van der Waals surface area contributed by atoms with Gasteiger partial charge in [-0.25, -0.2) is 0 Å². The fourth-order valence-electron chi connectivity index (χ4n) is 3.70. The molecule has 4 rings (SSSR count). The number of carbonyl (C=O) groups is 1. The van der Waals surface area contributed by atoms with Crippen LogP contribution in [0.2, 0.25) is 10.0 Å². The van der Waals surface area contributed by atoms with Gasteiger partial charge in [0.05, 0.1) is 11.6 Å². The molecule has 40 heavy (non-hydrogen) atoms. The first kappa shape index (κ1) is 28.6. The molecule has 4 aromatic carbocycles.